The second-order valence-electron chi connectivity index (χ2n) is 3.26. The van der Waals surface area contributed by atoms with Crippen LogP contribution in [0.15, 0.2) is 18.2 Å². The van der Waals surface area contributed by atoms with Crippen molar-refractivity contribution < 1.29 is 9.18 Å². The number of hydrogen-bond acceptors (Lipinski definition) is 1. The molecule has 1 amide bonds. The number of benzene rings is 1. The number of nitrogens with one attached hydrogen (secondary N) is 1. The predicted molar refractivity (Wildman–Crippen MR) is 61.9 cm³/mol. The molecule has 4 heteroatoms. The van der Waals surface area contributed by atoms with Crippen molar-refractivity contribution in [2.24, 2.45) is 0 Å². The first-order valence-electron chi connectivity index (χ1n) is 4.75. The van der Waals surface area contributed by atoms with Crippen LogP contribution in [0.2, 0.25) is 0 Å². The molecule has 0 saturated heterocycles. The van der Waals surface area contributed by atoms with Gasteiger partial charge in [-0.1, -0.05) is 22.0 Å². The van der Waals surface area contributed by atoms with Gasteiger partial charge in [0.05, 0.1) is 0 Å². The Kier molecular flexibility index (Phi) is 4.75. The summed E-state index contributed by atoms with van der Waals surface area (Å²) in [6, 6.07) is 4.22. The maximum atomic E-state index is 12.9. The van der Waals surface area contributed by atoms with Crippen LogP contribution < -0.4 is 5.32 Å². The van der Waals surface area contributed by atoms with Gasteiger partial charge >= 0.3 is 0 Å². The average molecular weight is 274 g/mol. The standard InChI is InChI=1S/C11H13BrFNO/c1-8-3-4-9(13)7-10(8)11(15)14-6-2-5-12/h3-4,7H,2,5-6H2,1H3,(H,14,15). The maximum Gasteiger partial charge on any atom is 0.251 e. The fourth-order valence-electron chi connectivity index (χ4n) is 1.20. The molecule has 0 fully saturated rings. The quantitative estimate of drug-likeness (QED) is 0.663. The van der Waals surface area contributed by atoms with E-state index in [4.69, 9.17) is 0 Å². The summed E-state index contributed by atoms with van der Waals surface area (Å²) < 4.78 is 12.9. The Hall–Kier alpha value is -0.900. The third kappa shape index (κ3) is 3.63. The minimum atomic E-state index is -0.383. The molecule has 1 rings (SSSR count). The first-order chi connectivity index (χ1) is 7.15. The van der Waals surface area contributed by atoms with E-state index in [1.165, 1.54) is 12.1 Å². The zero-order valence-electron chi connectivity index (χ0n) is 8.52. The minimum absolute atomic E-state index is 0.215. The Morgan fingerprint density at radius 2 is 2.27 bits per heavy atom. The number of amides is 1. The van der Waals surface area contributed by atoms with Gasteiger partial charge < -0.3 is 5.32 Å². The Morgan fingerprint density at radius 1 is 1.53 bits per heavy atom. The Balaban J connectivity index is 2.68. The lowest BCUT2D eigenvalue weighted by atomic mass is 10.1. The summed E-state index contributed by atoms with van der Waals surface area (Å²) in [4.78, 5) is 11.6. The summed E-state index contributed by atoms with van der Waals surface area (Å²) >= 11 is 3.27. The Morgan fingerprint density at radius 3 is 2.93 bits per heavy atom. The van der Waals surface area contributed by atoms with Gasteiger partial charge in [-0.15, -0.1) is 0 Å². The Bertz CT molecular complexity index is 354. The third-order valence-electron chi connectivity index (χ3n) is 2.04. The van der Waals surface area contributed by atoms with Crippen molar-refractivity contribution >= 4 is 21.8 Å². The van der Waals surface area contributed by atoms with E-state index in [0.717, 1.165) is 17.3 Å². The molecule has 2 nitrogen and oxygen atoms in total. The van der Waals surface area contributed by atoms with E-state index in [9.17, 15) is 9.18 Å². The molecule has 0 aromatic heterocycles. The van der Waals surface area contributed by atoms with Crippen LogP contribution >= 0.6 is 15.9 Å². The van der Waals surface area contributed by atoms with Crippen molar-refractivity contribution in [3.8, 4) is 0 Å². The van der Waals surface area contributed by atoms with Gasteiger partial charge in [0.2, 0.25) is 0 Å². The van der Waals surface area contributed by atoms with E-state index >= 15 is 0 Å². The topological polar surface area (TPSA) is 29.1 Å². The highest BCUT2D eigenvalue weighted by Crippen LogP contribution is 2.09. The zero-order chi connectivity index (χ0) is 11.3. The second-order valence-corrected chi connectivity index (χ2v) is 4.05. The lowest BCUT2D eigenvalue weighted by molar-refractivity contribution is 0.0953. The summed E-state index contributed by atoms with van der Waals surface area (Å²) in [6.45, 7) is 2.39. The summed E-state index contributed by atoms with van der Waals surface area (Å²) in [7, 11) is 0. The van der Waals surface area contributed by atoms with Crippen LogP contribution in [0.25, 0.3) is 0 Å². The molecular weight excluding hydrogens is 261 g/mol. The molecule has 0 atom stereocenters. The highest BCUT2D eigenvalue weighted by atomic mass is 79.9. The minimum Gasteiger partial charge on any atom is -0.352 e. The molecule has 15 heavy (non-hydrogen) atoms. The molecule has 82 valence electrons. The lowest BCUT2D eigenvalue weighted by Crippen LogP contribution is -2.25. The van der Waals surface area contributed by atoms with Crippen molar-refractivity contribution in [2.45, 2.75) is 13.3 Å². The van der Waals surface area contributed by atoms with E-state index in [2.05, 4.69) is 21.2 Å². The van der Waals surface area contributed by atoms with Crippen LogP contribution in [0.5, 0.6) is 0 Å². The molecule has 1 N–H and O–H groups in total. The van der Waals surface area contributed by atoms with Gasteiger partial charge in [0.25, 0.3) is 5.91 Å². The molecule has 0 aliphatic carbocycles. The number of aryl methyl sites for hydroxylation is 1. The molecule has 0 bridgehead atoms. The molecular formula is C11H13BrFNO. The average Bonchev–Trinajstić information content (AvgIpc) is 2.22. The number of carbonyl (C=O) groups excluding carboxylic acids is 1. The lowest BCUT2D eigenvalue weighted by Gasteiger charge is -2.06. The third-order valence-corrected chi connectivity index (χ3v) is 2.60. The van der Waals surface area contributed by atoms with Crippen molar-refractivity contribution in [1.82, 2.24) is 5.32 Å². The van der Waals surface area contributed by atoms with Gasteiger partial charge in [-0.25, -0.2) is 4.39 Å². The van der Waals surface area contributed by atoms with Gasteiger partial charge in [0, 0.05) is 17.4 Å². The second kappa shape index (κ2) is 5.85. The van der Waals surface area contributed by atoms with Crippen LogP contribution in [0.3, 0.4) is 0 Å². The fourth-order valence-corrected chi connectivity index (χ4v) is 1.48. The van der Waals surface area contributed by atoms with Crippen molar-refractivity contribution in [3.63, 3.8) is 0 Å². The monoisotopic (exact) mass is 273 g/mol. The molecule has 1 aromatic carbocycles. The van der Waals surface area contributed by atoms with Gasteiger partial charge in [-0.3, -0.25) is 4.79 Å². The first kappa shape index (κ1) is 12.2. The predicted octanol–water partition coefficient (Wildman–Crippen LogP) is 2.65. The molecule has 0 heterocycles. The number of carbonyl (C=O) groups is 1. The van der Waals surface area contributed by atoms with E-state index in [-0.39, 0.29) is 11.7 Å². The van der Waals surface area contributed by atoms with Gasteiger partial charge in [-0.05, 0) is 31.0 Å². The zero-order valence-corrected chi connectivity index (χ0v) is 10.1. The fraction of sp³-hybridized carbons (Fsp3) is 0.364. The molecule has 0 aliphatic rings. The summed E-state index contributed by atoms with van der Waals surface area (Å²) in [5, 5.41) is 3.57. The highest BCUT2D eigenvalue weighted by Gasteiger charge is 2.08. The Labute approximate surface area is 97.0 Å². The number of rotatable bonds is 4. The number of hydrogen-bond donors (Lipinski definition) is 1. The van der Waals surface area contributed by atoms with Crippen molar-refractivity contribution in [3.05, 3.63) is 35.1 Å². The van der Waals surface area contributed by atoms with Crippen molar-refractivity contribution in [2.75, 3.05) is 11.9 Å². The van der Waals surface area contributed by atoms with E-state index < -0.39 is 0 Å². The van der Waals surface area contributed by atoms with E-state index in [1.807, 2.05) is 0 Å². The van der Waals surface area contributed by atoms with E-state index in [0.29, 0.717) is 12.1 Å². The molecule has 0 spiro atoms. The smallest absolute Gasteiger partial charge is 0.251 e. The molecule has 0 saturated carbocycles. The summed E-state index contributed by atoms with van der Waals surface area (Å²) in [5.41, 5.74) is 1.19. The van der Waals surface area contributed by atoms with Crippen LogP contribution in [-0.2, 0) is 0 Å². The number of alkyl halides is 1. The number of halogens is 2. The first-order valence-corrected chi connectivity index (χ1v) is 5.87. The maximum absolute atomic E-state index is 12.9. The molecule has 0 unspecified atom stereocenters. The largest absolute Gasteiger partial charge is 0.352 e. The molecule has 1 aromatic rings. The van der Waals surface area contributed by atoms with Gasteiger partial charge in [-0.2, -0.15) is 0 Å². The SMILES string of the molecule is Cc1ccc(F)cc1C(=O)NCCCBr. The normalized spacial score (nSPS) is 10.1. The van der Waals surface area contributed by atoms with Crippen LogP contribution in [0.1, 0.15) is 22.3 Å². The van der Waals surface area contributed by atoms with Crippen LogP contribution in [0, 0.1) is 12.7 Å². The van der Waals surface area contributed by atoms with E-state index in [1.54, 1.807) is 13.0 Å². The van der Waals surface area contributed by atoms with Crippen LogP contribution in [-0.4, -0.2) is 17.8 Å². The van der Waals surface area contributed by atoms with Crippen LogP contribution in [0.4, 0.5) is 4.39 Å². The summed E-state index contributed by atoms with van der Waals surface area (Å²) in [6.07, 6.45) is 0.861. The van der Waals surface area contributed by atoms with Gasteiger partial charge in [0.15, 0.2) is 0 Å². The summed E-state index contributed by atoms with van der Waals surface area (Å²) in [5.74, 6) is -0.598. The highest BCUT2D eigenvalue weighted by molar-refractivity contribution is 9.09. The van der Waals surface area contributed by atoms with Crippen molar-refractivity contribution in [1.29, 1.82) is 0 Å². The van der Waals surface area contributed by atoms with Gasteiger partial charge in [0.1, 0.15) is 5.82 Å². The molecule has 0 radical (unpaired) electrons. The molecule has 0 aliphatic heterocycles.